The summed E-state index contributed by atoms with van der Waals surface area (Å²) < 4.78 is 41.0. The van der Waals surface area contributed by atoms with E-state index in [0.717, 1.165) is 0 Å². The molecular weight excluding hydrogens is 253 g/mol. The fourth-order valence-electron chi connectivity index (χ4n) is 1.48. The smallest absolute Gasteiger partial charge is 0.397 e. The Balaban J connectivity index is 2.66. The average Bonchev–Trinajstić information content (AvgIpc) is 2.44. The summed E-state index contributed by atoms with van der Waals surface area (Å²) in [4.78, 5) is 10.6. The summed E-state index contributed by atoms with van der Waals surface area (Å²) in [5.74, 6) is -1.49. The highest BCUT2D eigenvalue weighted by molar-refractivity contribution is 5.67. The lowest BCUT2D eigenvalue weighted by molar-refractivity contribution is -0.139. The Morgan fingerprint density at radius 1 is 1.22 bits per heavy atom. The van der Waals surface area contributed by atoms with Crippen molar-refractivity contribution in [1.29, 1.82) is 0 Å². The third-order valence-electron chi connectivity index (χ3n) is 2.12. The lowest BCUT2D eigenvalue weighted by Gasteiger charge is -2.19. The highest BCUT2D eigenvalue weighted by atomic mass is 19.4. The van der Waals surface area contributed by atoms with Gasteiger partial charge in [-0.25, -0.2) is 0 Å². The molecule has 0 atom stereocenters. The molecule has 0 aliphatic rings. The second-order valence-corrected chi connectivity index (χ2v) is 4.79. The number of hydrogen-bond donors (Lipinski definition) is 1. The van der Waals surface area contributed by atoms with Gasteiger partial charge in [-0.3, -0.25) is 4.79 Å². The number of hydrogen-bond acceptors (Lipinski definition) is 4. The van der Waals surface area contributed by atoms with Gasteiger partial charge in [-0.1, -0.05) is 13.8 Å². The fourth-order valence-corrected chi connectivity index (χ4v) is 1.48. The molecule has 8 heteroatoms. The Hall–Kier alpha value is -1.60. The van der Waals surface area contributed by atoms with E-state index in [1.165, 1.54) is 0 Å². The molecule has 0 saturated carbocycles. The number of carboxylic acid groups (broad SMARTS) is 1. The number of aliphatic carboxylic acids is 1. The van der Waals surface area contributed by atoms with Crippen molar-refractivity contribution in [2.45, 2.75) is 39.3 Å². The first kappa shape index (κ1) is 14.5. The number of halogens is 3. The molecule has 0 unspecified atom stereocenters. The van der Waals surface area contributed by atoms with Crippen LogP contribution < -0.4 is 0 Å². The van der Waals surface area contributed by atoms with Crippen LogP contribution in [0.2, 0.25) is 0 Å². The van der Waals surface area contributed by atoms with Crippen LogP contribution in [0.5, 0.6) is 0 Å². The average molecular weight is 266 g/mol. The maximum absolute atomic E-state index is 12.1. The topological polar surface area (TPSA) is 76.2 Å². The Bertz CT molecular complexity index is 426. The van der Waals surface area contributed by atoms with Gasteiger partial charge in [0.25, 0.3) is 0 Å². The first-order valence-corrected chi connectivity index (χ1v) is 5.17. The standard InChI is InChI=1S/C10H13F3N2O3/c1-9(2,5-8(16)17)3-6-14-15-7(18-6)4-10(11,12)13/h3-5H2,1-2H3,(H,16,17). The fraction of sp³-hybridized carbons (Fsp3) is 0.700. The zero-order chi connectivity index (χ0) is 14.0. The van der Waals surface area contributed by atoms with Crippen LogP contribution in [0, 0.1) is 5.41 Å². The predicted octanol–water partition coefficient (Wildman–Crippen LogP) is 2.22. The van der Waals surface area contributed by atoms with Gasteiger partial charge in [0, 0.05) is 6.42 Å². The lowest BCUT2D eigenvalue weighted by atomic mass is 9.86. The van der Waals surface area contributed by atoms with Crippen LogP contribution in [0.25, 0.3) is 0 Å². The molecule has 0 spiro atoms. The third kappa shape index (κ3) is 5.15. The van der Waals surface area contributed by atoms with Crippen LogP contribution in [0.4, 0.5) is 13.2 Å². The van der Waals surface area contributed by atoms with Crippen molar-refractivity contribution >= 4 is 5.97 Å². The molecule has 0 radical (unpaired) electrons. The first-order valence-electron chi connectivity index (χ1n) is 5.17. The molecule has 1 rings (SSSR count). The van der Waals surface area contributed by atoms with E-state index >= 15 is 0 Å². The summed E-state index contributed by atoms with van der Waals surface area (Å²) in [7, 11) is 0. The number of alkyl halides is 3. The van der Waals surface area contributed by atoms with Gasteiger partial charge in [-0.15, -0.1) is 10.2 Å². The van der Waals surface area contributed by atoms with Crippen molar-refractivity contribution in [3.05, 3.63) is 11.8 Å². The molecular formula is C10H13F3N2O3. The number of carboxylic acids is 1. The molecule has 0 aliphatic heterocycles. The van der Waals surface area contributed by atoms with Crippen LogP contribution in [0.3, 0.4) is 0 Å². The summed E-state index contributed by atoms with van der Waals surface area (Å²) in [6, 6.07) is 0. The van der Waals surface area contributed by atoms with Crippen molar-refractivity contribution in [1.82, 2.24) is 10.2 Å². The molecule has 5 nitrogen and oxygen atoms in total. The van der Waals surface area contributed by atoms with Crippen molar-refractivity contribution < 1.29 is 27.5 Å². The van der Waals surface area contributed by atoms with E-state index in [0.29, 0.717) is 0 Å². The van der Waals surface area contributed by atoms with E-state index in [-0.39, 0.29) is 18.7 Å². The Kier molecular flexibility index (Phi) is 3.98. The SMILES string of the molecule is CC(C)(CC(=O)O)Cc1nnc(CC(F)(F)F)o1. The molecule has 1 aromatic heterocycles. The lowest BCUT2D eigenvalue weighted by Crippen LogP contribution is -2.19. The van der Waals surface area contributed by atoms with Crippen molar-refractivity contribution in [2.75, 3.05) is 0 Å². The number of carbonyl (C=O) groups is 1. The Labute approximate surface area is 101 Å². The third-order valence-corrected chi connectivity index (χ3v) is 2.12. The summed E-state index contributed by atoms with van der Waals surface area (Å²) in [6.45, 7) is 3.32. The number of aromatic nitrogens is 2. The highest BCUT2D eigenvalue weighted by Gasteiger charge is 2.32. The molecule has 18 heavy (non-hydrogen) atoms. The summed E-state index contributed by atoms with van der Waals surface area (Å²) in [5, 5.41) is 15.4. The Morgan fingerprint density at radius 2 is 1.72 bits per heavy atom. The first-order chi connectivity index (χ1) is 8.07. The van der Waals surface area contributed by atoms with Crippen molar-refractivity contribution in [2.24, 2.45) is 5.41 Å². The number of rotatable bonds is 5. The van der Waals surface area contributed by atoms with E-state index in [4.69, 9.17) is 9.52 Å². The molecule has 1 N–H and O–H groups in total. The van der Waals surface area contributed by atoms with Gasteiger partial charge in [0.2, 0.25) is 11.8 Å². The highest BCUT2D eigenvalue weighted by Crippen LogP contribution is 2.26. The Morgan fingerprint density at radius 3 is 2.17 bits per heavy atom. The van der Waals surface area contributed by atoms with Crippen LogP contribution in [-0.2, 0) is 17.6 Å². The van der Waals surface area contributed by atoms with E-state index in [1.807, 2.05) is 0 Å². The van der Waals surface area contributed by atoms with E-state index in [2.05, 4.69) is 10.2 Å². The van der Waals surface area contributed by atoms with Crippen molar-refractivity contribution in [3.63, 3.8) is 0 Å². The van der Waals surface area contributed by atoms with Gasteiger partial charge < -0.3 is 9.52 Å². The second-order valence-electron chi connectivity index (χ2n) is 4.79. The molecule has 0 bridgehead atoms. The quantitative estimate of drug-likeness (QED) is 0.884. The van der Waals surface area contributed by atoms with Crippen molar-refractivity contribution in [3.8, 4) is 0 Å². The monoisotopic (exact) mass is 266 g/mol. The van der Waals surface area contributed by atoms with Crippen LogP contribution >= 0.6 is 0 Å². The van der Waals surface area contributed by atoms with Gasteiger partial charge in [0.05, 0.1) is 6.42 Å². The van der Waals surface area contributed by atoms with Gasteiger partial charge in [-0.05, 0) is 5.41 Å². The summed E-state index contributed by atoms with van der Waals surface area (Å²) in [5.41, 5.74) is -0.659. The zero-order valence-electron chi connectivity index (χ0n) is 9.91. The van der Waals surface area contributed by atoms with Gasteiger partial charge in [0.1, 0.15) is 6.42 Å². The summed E-state index contributed by atoms with van der Waals surface area (Å²) in [6.07, 6.45) is -5.70. The maximum atomic E-state index is 12.1. The molecule has 1 heterocycles. The maximum Gasteiger partial charge on any atom is 0.397 e. The minimum Gasteiger partial charge on any atom is -0.481 e. The molecule has 0 saturated heterocycles. The van der Waals surface area contributed by atoms with Crippen LogP contribution in [-0.4, -0.2) is 27.4 Å². The van der Waals surface area contributed by atoms with E-state index in [9.17, 15) is 18.0 Å². The molecule has 0 fully saturated rings. The minimum atomic E-state index is -4.40. The van der Waals surface area contributed by atoms with Gasteiger partial charge in [-0.2, -0.15) is 13.2 Å². The largest absolute Gasteiger partial charge is 0.481 e. The van der Waals surface area contributed by atoms with Crippen LogP contribution in [0.1, 0.15) is 32.0 Å². The normalized spacial score (nSPS) is 12.7. The molecule has 0 amide bonds. The zero-order valence-corrected chi connectivity index (χ0v) is 9.91. The van der Waals surface area contributed by atoms with E-state index < -0.39 is 29.9 Å². The van der Waals surface area contributed by atoms with Gasteiger partial charge in [0.15, 0.2) is 0 Å². The van der Waals surface area contributed by atoms with E-state index in [1.54, 1.807) is 13.8 Å². The minimum absolute atomic E-state index is 0.0144. The van der Waals surface area contributed by atoms with Gasteiger partial charge >= 0.3 is 12.1 Å². The summed E-state index contributed by atoms with van der Waals surface area (Å²) >= 11 is 0. The number of nitrogens with zero attached hydrogens (tertiary/aromatic N) is 2. The molecule has 102 valence electrons. The molecule has 0 aromatic carbocycles. The van der Waals surface area contributed by atoms with Crippen LogP contribution in [0.15, 0.2) is 4.42 Å². The predicted molar refractivity (Wildman–Crippen MR) is 53.8 cm³/mol. The second kappa shape index (κ2) is 4.95. The molecule has 0 aliphatic carbocycles. The molecule has 1 aromatic rings.